The minimum absolute atomic E-state index is 0.281. The van der Waals surface area contributed by atoms with Gasteiger partial charge in [-0.25, -0.2) is 4.79 Å². The summed E-state index contributed by atoms with van der Waals surface area (Å²) < 4.78 is 4.78. The van der Waals surface area contributed by atoms with Crippen LogP contribution in [0.15, 0.2) is 35.9 Å². The number of carbonyl (C=O) groups excluding carboxylic acids is 1. The highest BCUT2D eigenvalue weighted by molar-refractivity contribution is 6.02. The summed E-state index contributed by atoms with van der Waals surface area (Å²) in [5.41, 5.74) is 4.63. The lowest BCUT2D eigenvalue weighted by molar-refractivity contribution is -0.134. The van der Waals surface area contributed by atoms with E-state index < -0.39 is 0 Å². The zero-order valence-corrected chi connectivity index (χ0v) is 12.3. The molecule has 0 saturated carbocycles. The molecule has 106 valence electrons. The van der Waals surface area contributed by atoms with E-state index in [0.29, 0.717) is 0 Å². The van der Waals surface area contributed by atoms with E-state index in [4.69, 9.17) is 4.74 Å². The van der Waals surface area contributed by atoms with Gasteiger partial charge in [-0.3, -0.25) is 0 Å². The molecule has 0 saturated heterocycles. The third-order valence-corrected chi connectivity index (χ3v) is 3.69. The molecule has 0 N–H and O–H groups in total. The monoisotopic (exact) mass is 270 g/mol. The van der Waals surface area contributed by atoms with E-state index in [1.54, 1.807) is 6.08 Å². The molecule has 0 aromatic heterocycles. The summed E-state index contributed by atoms with van der Waals surface area (Å²) >= 11 is 0. The van der Waals surface area contributed by atoms with Crippen molar-refractivity contribution in [1.29, 1.82) is 0 Å². The molecule has 1 aromatic rings. The lowest BCUT2D eigenvalue weighted by Gasteiger charge is -2.07. The molecule has 0 unspecified atom stereocenters. The zero-order valence-electron chi connectivity index (χ0n) is 12.3. The third-order valence-electron chi connectivity index (χ3n) is 3.69. The molecule has 2 rings (SSSR count). The highest BCUT2D eigenvalue weighted by Crippen LogP contribution is 2.37. The van der Waals surface area contributed by atoms with Crippen molar-refractivity contribution in [2.75, 3.05) is 7.11 Å². The number of methoxy groups -OCH3 is 1. The van der Waals surface area contributed by atoms with Crippen LogP contribution >= 0.6 is 0 Å². The van der Waals surface area contributed by atoms with Crippen molar-refractivity contribution in [3.63, 3.8) is 0 Å². The average molecular weight is 270 g/mol. The van der Waals surface area contributed by atoms with Crippen LogP contribution in [-0.4, -0.2) is 13.1 Å². The van der Waals surface area contributed by atoms with Crippen LogP contribution in [0.3, 0.4) is 0 Å². The number of hydrogen-bond acceptors (Lipinski definition) is 2. The standard InChI is InChI=1S/C18H22O2/c1-3-4-5-6-9-15-12-14-10-7-8-11-16(14)17(15)13-18(19)20-2/h7-8,10-13H,3-6,9H2,1-2H3/b17-13+. The molecule has 1 aliphatic carbocycles. The Balaban J connectivity index is 2.18. The molecule has 0 atom stereocenters. The van der Waals surface area contributed by atoms with E-state index >= 15 is 0 Å². The Labute approximate surface area is 121 Å². The Morgan fingerprint density at radius 3 is 2.75 bits per heavy atom. The van der Waals surface area contributed by atoms with Gasteiger partial charge in [0, 0.05) is 6.08 Å². The summed E-state index contributed by atoms with van der Waals surface area (Å²) in [6.07, 6.45) is 9.79. The number of benzene rings is 1. The fourth-order valence-electron chi connectivity index (χ4n) is 2.60. The smallest absolute Gasteiger partial charge is 0.331 e. The van der Waals surface area contributed by atoms with Crippen LogP contribution in [0.2, 0.25) is 0 Å². The summed E-state index contributed by atoms with van der Waals surface area (Å²) in [5.74, 6) is -0.281. The fourth-order valence-corrected chi connectivity index (χ4v) is 2.60. The number of esters is 1. The summed E-state index contributed by atoms with van der Waals surface area (Å²) in [6.45, 7) is 2.22. The Kier molecular flexibility index (Phi) is 5.16. The second kappa shape index (κ2) is 7.09. The Bertz CT molecular complexity index is 538. The SMILES string of the molecule is CCCCCCC1=Cc2ccccc2/C1=C/C(=O)OC. The molecule has 2 nitrogen and oxygen atoms in total. The largest absolute Gasteiger partial charge is 0.466 e. The molecule has 0 amide bonds. The highest BCUT2D eigenvalue weighted by Gasteiger charge is 2.19. The number of carbonyl (C=O) groups is 1. The first-order valence-corrected chi connectivity index (χ1v) is 7.36. The minimum Gasteiger partial charge on any atom is -0.466 e. The lowest BCUT2D eigenvalue weighted by Crippen LogP contribution is -1.97. The molecule has 0 spiro atoms. The first-order valence-electron chi connectivity index (χ1n) is 7.36. The van der Waals surface area contributed by atoms with Crippen molar-refractivity contribution in [3.05, 3.63) is 47.0 Å². The maximum absolute atomic E-state index is 11.6. The average Bonchev–Trinajstić information content (AvgIpc) is 2.81. The number of fused-ring (bicyclic) bond motifs is 1. The number of ether oxygens (including phenoxy) is 1. The molecule has 0 fully saturated rings. The van der Waals surface area contributed by atoms with E-state index in [2.05, 4.69) is 25.1 Å². The maximum atomic E-state index is 11.6. The number of rotatable bonds is 6. The van der Waals surface area contributed by atoms with Gasteiger partial charge in [0.2, 0.25) is 0 Å². The lowest BCUT2D eigenvalue weighted by atomic mass is 9.98. The zero-order chi connectivity index (χ0) is 14.4. The Hall–Kier alpha value is -1.83. The van der Waals surface area contributed by atoms with Gasteiger partial charge in [-0.05, 0) is 35.1 Å². The molecule has 0 heterocycles. The molecular formula is C18H22O2. The molecule has 0 radical (unpaired) electrons. The van der Waals surface area contributed by atoms with Crippen LogP contribution in [-0.2, 0) is 9.53 Å². The molecular weight excluding hydrogens is 248 g/mol. The van der Waals surface area contributed by atoms with Crippen molar-refractivity contribution in [2.24, 2.45) is 0 Å². The van der Waals surface area contributed by atoms with Crippen LogP contribution in [0.1, 0.15) is 50.2 Å². The molecule has 1 aliphatic rings. The Morgan fingerprint density at radius 1 is 1.20 bits per heavy atom. The number of unbranched alkanes of at least 4 members (excludes halogenated alkanes) is 3. The van der Waals surface area contributed by atoms with Crippen molar-refractivity contribution < 1.29 is 9.53 Å². The van der Waals surface area contributed by atoms with E-state index in [9.17, 15) is 4.79 Å². The summed E-state index contributed by atoms with van der Waals surface area (Å²) in [4.78, 5) is 11.6. The van der Waals surface area contributed by atoms with Gasteiger partial charge in [0.25, 0.3) is 0 Å². The normalized spacial score (nSPS) is 15.1. The van der Waals surface area contributed by atoms with Crippen LogP contribution in [0.4, 0.5) is 0 Å². The van der Waals surface area contributed by atoms with Gasteiger partial charge < -0.3 is 4.74 Å². The Morgan fingerprint density at radius 2 is 2.00 bits per heavy atom. The van der Waals surface area contributed by atoms with Crippen LogP contribution < -0.4 is 0 Å². The fraction of sp³-hybridized carbons (Fsp3) is 0.389. The van der Waals surface area contributed by atoms with Gasteiger partial charge in [-0.15, -0.1) is 0 Å². The van der Waals surface area contributed by atoms with Gasteiger partial charge in [-0.2, -0.15) is 0 Å². The number of allylic oxidation sites excluding steroid dienone is 2. The molecule has 1 aromatic carbocycles. The van der Waals surface area contributed by atoms with Crippen LogP contribution in [0.5, 0.6) is 0 Å². The van der Waals surface area contributed by atoms with Crippen molar-refractivity contribution >= 4 is 17.6 Å². The van der Waals surface area contributed by atoms with Crippen molar-refractivity contribution in [3.8, 4) is 0 Å². The summed E-state index contributed by atoms with van der Waals surface area (Å²) in [5, 5.41) is 0. The second-order valence-corrected chi connectivity index (χ2v) is 5.15. The van der Waals surface area contributed by atoms with Gasteiger partial charge in [0.15, 0.2) is 0 Å². The molecule has 20 heavy (non-hydrogen) atoms. The highest BCUT2D eigenvalue weighted by atomic mass is 16.5. The molecule has 0 aliphatic heterocycles. The topological polar surface area (TPSA) is 26.3 Å². The van der Waals surface area contributed by atoms with Crippen molar-refractivity contribution in [2.45, 2.75) is 39.0 Å². The van der Waals surface area contributed by atoms with Gasteiger partial charge in [-0.1, -0.05) is 56.5 Å². The van der Waals surface area contributed by atoms with E-state index in [1.165, 1.54) is 43.9 Å². The number of hydrogen-bond donors (Lipinski definition) is 0. The predicted molar refractivity (Wildman–Crippen MR) is 83.2 cm³/mol. The van der Waals surface area contributed by atoms with Crippen LogP contribution in [0, 0.1) is 0 Å². The molecule has 0 bridgehead atoms. The van der Waals surface area contributed by atoms with Gasteiger partial charge >= 0.3 is 5.97 Å². The van der Waals surface area contributed by atoms with Crippen molar-refractivity contribution in [1.82, 2.24) is 0 Å². The van der Waals surface area contributed by atoms with Gasteiger partial charge in [0.1, 0.15) is 0 Å². The van der Waals surface area contributed by atoms with E-state index in [-0.39, 0.29) is 5.97 Å². The quantitative estimate of drug-likeness (QED) is 0.428. The van der Waals surface area contributed by atoms with E-state index in [0.717, 1.165) is 17.6 Å². The summed E-state index contributed by atoms with van der Waals surface area (Å²) in [6, 6.07) is 8.21. The second-order valence-electron chi connectivity index (χ2n) is 5.15. The van der Waals surface area contributed by atoms with E-state index in [1.807, 2.05) is 12.1 Å². The molecule has 2 heteroatoms. The maximum Gasteiger partial charge on any atom is 0.331 e. The first kappa shape index (κ1) is 14.6. The predicted octanol–water partition coefficient (Wildman–Crippen LogP) is 4.61. The third kappa shape index (κ3) is 3.38. The summed E-state index contributed by atoms with van der Waals surface area (Å²) in [7, 11) is 1.42. The first-order chi connectivity index (χ1) is 9.76. The van der Waals surface area contributed by atoms with Crippen LogP contribution in [0.25, 0.3) is 11.6 Å². The minimum atomic E-state index is -0.281. The van der Waals surface area contributed by atoms with Gasteiger partial charge in [0.05, 0.1) is 7.11 Å².